The number of fused-ring (bicyclic) bond motifs is 11. The fourth-order valence-electron chi connectivity index (χ4n) is 11.9. The van der Waals surface area contributed by atoms with Crippen LogP contribution in [0.3, 0.4) is 0 Å². The number of benzene rings is 9. The van der Waals surface area contributed by atoms with E-state index in [1.807, 2.05) is 0 Å². The average molecular weight is 850 g/mol. The van der Waals surface area contributed by atoms with Crippen LogP contribution in [-0.2, 0) is 16.2 Å². The molecule has 320 valence electrons. The maximum atomic E-state index is 2.62. The van der Waals surface area contributed by atoms with Gasteiger partial charge < -0.3 is 4.90 Å². The van der Waals surface area contributed by atoms with Crippen LogP contribution in [0.25, 0.3) is 60.5 Å². The Morgan fingerprint density at radius 1 is 0.394 bits per heavy atom. The van der Waals surface area contributed by atoms with Crippen LogP contribution in [0.2, 0.25) is 0 Å². The maximum Gasteiger partial charge on any atom is 0.0726 e. The largest absolute Gasteiger partial charge is 0.314 e. The third-order valence-electron chi connectivity index (χ3n) is 14.9. The molecule has 1 spiro atoms. The van der Waals surface area contributed by atoms with Gasteiger partial charge in [0.2, 0.25) is 0 Å². The average Bonchev–Trinajstić information content (AvgIpc) is 3.63. The Hall–Kier alpha value is -7.22. The van der Waals surface area contributed by atoms with Crippen LogP contribution in [-0.4, -0.2) is 0 Å². The second kappa shape index (κ2) is 14.9. The molecule has 0 saturated carbocycles. The Morgan fingerprint density at radius 3 is 1.70 bits per heavy atom. The zero-order valence-electron chi connectivity index (χ0n) is 38.9. The van der Waals surface area contributed by atoms with Crippen LogP contribution < -0.4 is 4.90 Å². The van der Waals surface area contributed by atoms with Gasteiger partial charge in [0, 0.05) is 17.1 Å². The quantitative estimate of drug-likeness (QED) is 0.167. The molecule has 1 unspecified atom stereocenters. The molecular weight excluding hydrogens is 795 g/mol. The number of rotatable bonds is 5. The predicted octanol–water partition coefficient (Wildman–Crippen LogP) is 17.5. The minimum Gasteiger partial charge on any atom is -0.314 e. The molecular formula is C65H55N. The van der Waals surface area contributed by atoms with E-state index >= 15 is 0 Å². The lowest BCUT2D eigenvalue weighted by molar-refractivity contribution is 0.593. The third-order valence-corrected chi connectivity index (χ3v) is 14.9. The molecule has 66 heavy (non-hydrogen) atoms. The van der Waals surface area contributed by atoms with Crippen molar-refractivity contribution in [2.45, 2.75) is 70.6 Å². The van der Waals surface area contributed by atoms with E-state index < -0.39 is 5.41 Å². The molecule has 1 heteroatoms. The summed E-state index contributed by atoms with van der Waals surface area (Å²) in [6.45, 7) is 14.2. The van der Waals surface area contributed by atoms with Crippen LogP contribution in [0, 0.1) is 0 Å². The molecule has 3 aliphatic carbocycles. The molecule has 0 fully saturated rings. The Balaban J connectivity index is 1.17. The zero-order valence-corrected chi connectivity index (χ0v) is 38.9. The Bertz CT molecular complexity index is 3460. The molecule has 9 aromatic carbocycles. The van der Waals surface area contributed by atoms with Crippen molar-refractivity contribution in [2.24, 2.45) is 0 Å². The molecule has 0 radical (unpaired) electrons. The van der Waals surface area contributed by atoms with Gasteiger partial charge in [0.1, 0.15) is 0 Å². The van der Waals surface area contributed by atoms with Crippen molar-refractivity contribution in [2.75, 3.05) is 4.90 Å². The van der Waals surface area contributed by atoms with Gasteiger partial charge >= 0.3 is 0 Å². The minimum atomic E-state index is -0.589. The molecule has 0 amide bonds. The summed E-state index contributed by atoms with van der Waals surface area (Å²) >= 11 is 0. The molecule has 0 heterocycles. The van der Waals surface area contributed by atoms with Gasteiger partial charge in [-0.05, 0) is 153 Å². The molecule has 9 aromatic rings. The van der Waals surface area contributed by atoms with E-state index in [0.717, 1.165) is 18.5 Å². The normalized spacial score (nSPS) is 16.2. The molecule has 0 N–H and O–H groups in total. The Kier molecular flexibility index (Phi) is 9.10. The highest BCUT2D eigenvalue weighted by Crippen LogP contribution is 2.64. The van der Waals surface area contributed by atoms with Gasteiger partial charge in [-0.15, -0.1) is 0 Å². The van der Waals surface area contributed by atoms with Gasteiger partial charge in [-0.1, -0.05) is 211 Å². The lowest BCUT2D eigenvalue weighted by atomic mass is 9.59. The van der Waals surface area contributed by atoms with Crippen molar-refractivity contribution in [1.82, 2.24) is 0 Å². The summed E-state index contributed by atoms with van der Waals surface area (Å²) in [4.78, 5) is 2.54. The summed E-state index contributed by atoms with van der Waals surface area (Å²) in [6.07, 6.45) is 6.62. The van der Waals surface area contributed by atoms with Gasteiger partial charge in [0.05, 0.1) is 5.41 Å². The van der Waals surface area contributed by atoms with Crippen LogP contribution in [0.5, 0.6) is 0 Å². The lowest BCUT2D eigenvalue weighted by Crippen LogP contribution is -2.33. The minimum absolute atomic E-state index is 0.0412. The summed E-state index contributed by atoms with van der Waals surface area (Å²) in [6, 6.07) is 71.4. The van der Waals surface area contributed by atoms with Crippen molar-refractivity contribution in [3.8, 4) is 33.4 Å². The fraction of sp³-hybridized carbons (Fsp3) is 0.169. The molecule has 0 aliphatic heterocycles. The number of nitrogens with zero attached hydrogens (tertiary/aromatic N) is 1. The van der Waals surface area contributed by atoms with Gasteiger partial charge in [-0.3, -0.25) is 0 Å². The first-order valence-electron chi connectivity index (χ1n) is 23.8. The number of hydrogen-bond donors (Lipinski definition) is 0. The van der Waals surface area contributed by atoms with Gasteiger partial charge in [-0.2, -0.15) is 0 Å². The standard InChI is InChI=1S/C65H55N/c1-63(2,3)55-39-38-54-61-52-24-14-13-23-50(52)58(64(4,5)6)41-60(61)65(57-27-17-25-53(55)62(54)57)56-26-16-15-22-49(56)51-37-36-48(40-59(51)65)66(46-32-28-44(29-33-46)42-18-9-7-10-19-42)47-34-30-45(31-35-47)43-20-11-8-12-21-43/h7-30,32-34,36-41H,31,35H2,1-6H3. The van der Waals surface area contributed by atoms with E-state index in [-0.39, 0.29) is 10.8 Å². The Morgan fingerprint density at radius 2 is 0.985 bits per heavy atom. The molecule has 1 atom stereocenters. The van der Waals surface area contributed by atoms with Crippen LogP contribution >= 0.6 is 0 Å². The van der Waals surface area contributed by atoms with E-state index in [1.54, 1.807) is 0 Å². The first-order chi connectivity index (χ1) is 32.0. The zero-order chi connectivity index (χ0) is 45.0. The van der Waals surface area contributed by atoms with Crippen molar-refractivity contribution in [1.29, 1.82) is 0 Å². The molecule has 1 nitrogen and oxygen atoms in total. The Labute approximate surface area is 390 Å². The molecule has 0 saturated heterocycles. The third kappa shape index (κ3) is 6.06. The predicted molar refractivity (Wildman–Crippen MR) is 281 cm³/mol. The summed E-state index contributed by atoms with van der Waals surface area (Å²) in [5.41, 5.74) is 21.6. The number of anilines is 2. The second-order valence-electron chi connectivity index (χ2n) is 20.8. The molecule has 12 rings (SSSR count). The van der Waals surface area contributed by atoms with Crippen LogP contribution in [0.4, 0.5) is 11.4 Å². The van der Waals surface area contributed by atoms with Gasteiger partial charge in [0.25, 0.3) is 0 Å². The molecule has 0 aromatic heterocycles. The van der Waals surface area contributed by atoms with E-state index in [9.17, 15) is 0 Å². The summed E-state index contributed by atoms with van der Waals surface area (Å²) in [5.74, 6) is 0. The monoisotopic (exact) mass is 849 g/mol. The van der Waals surface area contributed by atoms with Crippen LogP contribution in [0.15, 0.2) is 206 Å². The van der Waals surface area contributed by atoms with E-state index in [4.69, 9.17) is 0 Å². The summed E-state index contributed by atoms with van der Waals surface area (Å²) < 4.78 is 0. The topological polar surface area (TPSA) is 3.24 Å². The second-order valence-corrected chi connectivity index (χ2v) is 20.8. The van der Waals surface area contributed by atoms with Gasteiger partial charge in [-0.25, -0.2) is 0 Å². The van der Waals surface area contributed by atoms with Crippen molar-refractivity contribution in [3.63, 3.8) is 0 Å². The van der Waals surface area contributed by atoms with E-state index in [2.05, 4.69) is 247 Å². The van der Waals surface area contributed by atoms with Gasteiger partial charge in [0.15, 0.2) is 0 Å². The van der Waals surface area contributed by atoms with Crippen molar-refractivity contribution in [3.05, 3.63) is 245 Å². The van der Waals surface area contributed by atoms with E-state index in [0.29, 0.717) is 0 Å². The lowest BCUT2D eigenvalue weighted by Gasteiger charge is -2.42. The smallest absolute Gasteiger partial charge is 0.0726 e. The highest BCUT2D eigenvalue weighted by Gasteiger charge is 2.51. The highest BCUT2D eigenvalue weighted by molar-refractivity contribution is 6.15. The highest BCUT2D eigenvalue weighted by atomic mass is 15.1. The van der Waals surface area contributed by atoms with E-state index in [1.165, 1.54) is 111 Å². The SMILES string of the molecule is CC(C)(C)c1cc2c(c3ccccc13)-c1ccc(C(C)(C)C)c3cccc(c13)C21c2ccccc2-c2ccc(N(C3=CC=C(c4ccccc4)CC3)c3ccc(-c4ccccc4)cc3)cc21. The molecule has 3 aliphatic rings. The first kappa shape index (κ1) is 40.3. The number of allylic oxidation sites excluding steroid dienone is 4. The number of hydrogen-bond acceptors (Lipinski definition) is 1. The van der Waals surface area contributed by atoms with Crippen LogP contribution in [0.1, 0.15) is 93.3 Å². The summed E-state index contributed by atoms with van der Waals surface area (Å²) in [5, 5.41) is 5.39. The maximum absolute atomic E-state index is 2.62. The van der Waals surface area contributed by atoms with Crippen molar-refractivity contribution >= 4 is 38.5 Å². The fourth-order valence-corrected chi connectivity index (χ4v) is 11.9. The summed E-state index contributed by atoms with van der Waals surface area (Å²) in [7, 11) is 0. The van der Waals surface area contributed by atoms with Crippen molar-refractivity contribution < 1.29 is 0 Å². The first-order valence-corrected chi connectivity index (χ1v) is 23.8. The molecule has 0 bridgehead atoms.